The fourth-order valence-corrected chi connectivity index (χ4v) is 1.31. The van der Waals surface area contributed by atoms with Crippen LogP contribution in [0.3, 0.4) is 0 Å². The van der Waals surface area contributed by atoms with Crippen molar-refractivity contribution in [3.63, 3.8) is 0 Å². The van der Waals surface area contributed by atoms with Gasteiger partial charge in [-0.3, -0.25) is 4.99 Å². The quantitative estimate of drug-likeness (QED) is 0.660. The number of ether oxygens (including phenoxy) is 2. The Bertz CT molecular complexity index is 167. The molecular weight excluding hydrogens is 168 g/mol. The molecule has 0 saturated heterocycles. The molecule has 0 atom stereocenters. The third-order valence-corrected chi connectivity index (χ3v) is 2.12. The molecule has 0 unspecified atom stereocenters. The molecule has 1 aliphatic rings. The number of aliphatic imine (C=N–C) groups is 1. The monoisotopic (exact) mass is 186 g/mol. The number of rotatable bonds is 4. The highest BCUT2D eigenvalue weighted by Gasteiger charge is 2.08. The predicted molar refractivity (Wildman–Crippen MR) is 52.0 cm³/mol. The summed E-state index contributed by atoms with van der Waals surface area (Å²) in [5, 5.41) is 3.22. The van der Waals surface area contributed by atoms with Crippen molar-refractivity contribution in [3.05, 3.63) is 0 Å². The highest BCUT2D eigenvalue weighted by Crippen LogP contribution is 2.03. The van der Waals surface area contributed by atoms with Gasteiger partial charge in [0.1, 0.15) is 0 Å². The van der Waals surface area contributed by atoms with Crippen LogP contribution in [0.25, 0.3) is 0 Å². The first-order valence-electron chi connectivity index (χ1n) is 4.69. The van der Waals surface area contributed by atoms with E-state index in [1.54, 1.807) is 14.2 Å². The van der Waals surface area contributed by atoms with Gasteiger partial charge in [0.05, 0.1) is 12.4 Å². The molecule has 0 aromatic carbocycles. The molecule has 0 bridgehead atoms. The molecule has 0 amide bonds. The van der Waals surface area contributed by atoms with Crippen LogP contribution in [0.4, 0.5) is 0 Å². The van der Waals surface area contributed by atoms with Gasteiger partial charge >= 0.3 is 0 Å². The Balaban J connectivity index is 2.20. The van der Waals surface area contributed by atoms with Crippen molar-refractivity contribution in [1.29, 1.82) is 0 Å². The molecule has 1 rings (SSSR count). The molecule has 0 radical (unpaired) electrons. The Morgan fingerprint density at radius 3 is 2.69 bits per heavy atom. The molecule has 13 heavy (non-hydrogen) atoms. The van der Waals surface area contributed by atoms with Gasteiger partial charge in [-0.25, -0.2) is 0 Å². The van der Waals surface area contributed by atoms with Crippen molar-refractivity contribution in [2.24, 2.45) is 4.99 Å². The van der Waals surface area contributed by atoms with Gasteiger partial charge in [0.15, 0.2) is 6.29 Å². The highest BCUT2D eigenvalue weighted by atomic mass is 16.7. The minimum Gasteiger partial charge on any atom is -0.369 e. The van der Waals surface area contributed by atoms with E-state index in [9.17, 15) is 0 Å². The SMILES string of the molecule is COC(CNC1=NCCCC1)OC. The Morgan fingerprint density at radius 2 is 2.15 bits per heavy atom. The Kier molecular flexibility index (Phi) is 4.78. The predicted octanol–water partition coefficient (Wildman–Crippen LogP) is 0.777. The highest BCUT2D eigenvalue weighted by molar-refractivity contribution is 5.82. The fourth-order valence-electron chi connectivity index (χ4n) is 1.31. The van der Waals surface area contributed by atoms with E-state index >= 15 is 0 Å². The zero-order valence-electron chi connectivity index (χ0n) is 8.38. The summed E-state index contributed by atoms with van der Waals surface area (Å²) in [6.07, 6.45) is 3.32. The lowest BCUT2D eigenvalue weighted by Crippen LogP contribution is -2.35. The molecule has 0 aromatic rings. The van der Waals surface area contributed by atoms with Gasteiger partial charge in [-0.1, -0.05) is 0 Å². The van der Waals surface area contributed by atoms with Crippen molar-refractivity contribution in [1.82, 2.24) is 5.32 Å². The van der Waals surface area contributed by atoms with E-state index in [0.717, 1.165) is 18.8 Å². The first-order chi connectivity index (χ1) is 6.36. The van der Waals surface area contributed by atoms with E-state index in [0.29, 0.717) is 6.54 Å². The molecule has 4 heteroatoms. The van der Waals surface area contributed by atoms with E-state index in [4.69, 9.17) is 9.47 Å². The summed E-state index contributed by atoms with van der Waals surface area (Å²) in [6, 6.07) is 0. The molecule has 1 N–H and O–H groups in total. The summed E-state index contributed by atoms with van der Waals surface area (Å²) in [4.78, 5) is 4.36. The van der Waals surface area contributed by atoms with Crippen LogP contribution in [0.2, 0.25) is 0 Å². The van der Waals surface area contributed by atoms with Crippen LogP contribution in [-0.2, 0) is 9.47 Å². The molecule has 1 heterocycles. The standard InChI is InChI=1S/C9H18N2O2/c1-12-9(13-2)7-11-8-5-3-4-6-10-8/h9H,3-7H2,1-2H3,(H,10,11). The van der Waals surface area contributed by atoms with E-state index < -0.39 is 0 Å². The normalized spacial score (nSPS) is 17.3. The number of nitrogens with one attached hydrogen (secondary N) is 1. The van der Waals surface area contributed by atoms with Gasteiger partial charge in [0.2, 0.25) is 0 Å². The summed E-state index contributed by atoms with van der Waals surface area (Å²) in [5.74, 6) is 1.09. The lowest BCUT2D eigenvalue weighted by Gasteiger charge is -2.18. The van der Waals surface area contributed by atoms with Crippen molar-refractivity contribution in [2.75, 3.05) is 27.3 Å². The summed E-state index contributed by atoms with van der Waals surface area (Å²) in [6.45, 7) is 1.62. The number of amidine groups is 1. The van der Waals surface area contributed by atoms with Crippen molar-refractivity contribution >= 4 is 5.84 Å². The largest absolute Gasteiger partial charge is 0.369 e. The molecular formula is C9H18N2O2. The van der Waals surface area contributed by atoms with Gasteiger partial charge in [-0.15, -0.1) is 0 Å². The minimum atomic E-state index is -0.176. The zero-order valence-corrected chi connectivity index (χ0v) is 8.38. The van der Waals surface area contributed by atoms with E-state index in [1.807, 2.05) is 0 Å². The average molecular weight is 186 g/mol. The van der Waals surface area contributed by atoms with Crippen molar-refractivity contribution in [2.45, 2.75) is 25.6 Å². The van der Waals surface area contributed by atoms with E-state index in [1.165, 1.54) is 12.8 Å². The zero-order chi connectivity index (χ0) is 9.52. The first kappa shape index (κ1) is 10.5. The number of hydrogen-bond donors (Lipinski definition) is 1. The topological polar surface area (TPSA) is 42.8 Å². The van der Waals surface area contributed by atoms with Gasteiger partial charge in [0, 0.05) is 27.2 Å². The summed E-state index contributed by atoms with van der Waals surface area (Å²) >= 11 is 0. The van der Waals surface area contributed by atoms with Crippen molar-refractivity contribution in [3.8, 4) is 0 Å². The van der Waals surface area contributed by atoms with Crippen LogP contribution in [0, 0.1) is 0 Å². The van der Waals surface area contributed by atoms with Gasteiger partial charge in [0.25, 0.3) is 0 Å². The second-order valence-electron chi connectivity index (χ2n) is 3.07. The maximum atomic E-state index is 5.05. The Morgan fingerprint density at radius 1 is 1.38 bits per heavy atom. The van der Waals surface area contributed by atoms with Crippen LogP contribution in [-0.4, -0.2) is 39.4 Å². The number of nitrogens with zero attached hydrogens (tertiary/aromatic N) is 1. The van der Waals surface area contributed by atoms with Crippen LogP contribution in [0.1, 0.15) is 19.3 Å². The van der Waals surface area contributed by atoms with Crippen molar-refractivity contribution < 1.29 is 9.47 Å². The first-order valence-corrected chi connectivity index (χ1v) is 4.69. The average Bonchev–Trinajstić information content (AvgIpc) is 2.21. The van der Waals surface area contributed by atoms with Crippen LogP contribution in [0.15, 0.2) is 4.99 Å². The molecule has 0 fully saturated rings. The minimum absolute atomic E-state index is 0.176. The molecule has 76 valence electrons. The molecule has 1 aliphatic heterocycles. The maximum absolute atomic E-state index is 5.05. The Hall–Kier alpha value is -0.610. The summed E-state index contributed by atoms with van der Waals surface area (Å²) in [5.41, 5.74) is 0. The third kappa shape index (κ3) is 3.74. The van der Waals surface area contributed by atoms with E-state index in [-0.39, 0.29) is 6.29 Å². The lowest BCUT2D eigenvalue weighted by molar-refractivity contribution is -0.0966. The van der Waals surface area contributed by atoms with Gasteiger partial charge in [-0.2, -0.15) is 0 Å². The second-order valence-corrected chi connectivity index (χ2v) is 3.07. The lowest BCUT2D eigenvalue weighted by atomic mass is 10.2. The maximum Gasteiger partial charge on any atom is 0.173 e. The van der Waals surface area contributed by atoms with Gasteiger partial charge < -0.3 is 14.8 Å². The third-order valence-electron chi connectivity index (χ3n) is 2.12. The summed E-state index contributed by atoms with van der Waals surface area (Å²) < 4.78 is 10.1. The van der Waals surface area contributed by atoms with Crippen LogP contribution < -0.4 is 5.32 Å². The molecule has 4 nitrogen and oxygen atoms in total. The molecule has 0 aliphatic carbocycles. The fraction of sp³-hybridized carbons (Fsp3) is 0.889. The van der Waals surface area contributed by atoms with E-state index in [2.05, 4.69) is 10.3 Å². The summed E-state index contributed by atoms with van der Waals surface area (Å²) in [7, 11) is 3.27. The van der Waals surface area contributed by atoms with Crippen LogP contribution >= 0.6 is 0 Å². The molecule has 0 saturated carbocycles. The van der Waals surface area contributed by atoms with Gasteiger partial charge in [-0.05, 0) is 12.8 Å². The Labute approximate surface area is 79.3 Å². The van der Waals surface area contributed by atoms with Crippen LogP contribution in [0.5, 0.6) is 0 Å². The molecule has 0 aromatic heterocycles. The number of hydrogen-bond acceptors (Lipinski definition) is 4. The number of methoxy groups -OCH3 is 2. The second kappa shape index (κ2) is 5.94. The molecule has 0 spiro atoms. The smallest absolute Gasteiger partial charge is 0.173 e.